The summed E-state index contributed by atoms with van der Waals surface area (Å²) in [5.74, 6) is -0.106. The summed E-state index contributed by atoms with van der Waals surface area (Å²) in [5.41, 5.74) is 1.49. The van der Waals surface area contributed by atoms with E-state index in [1.54, 1.807) is 17.1 Å². The van der Waals surface area contributed by atoms with Crippen molar-refractivity contribution >= 4 is 5.91 Å². The Kier molecular flexibility index (Phi) is 2.82. The first kappa shape index (κ1) is 11.0. The van der Waals surface area contributed by atoms with Crippen molar-refractivity contribution < 1.29 is 9.53 Å². The maximum absolute atomic E-state index is 11.9. The maximum atomic E-state index is 11.9. The van der Waals surface area contributed by atoms with Crippen molar-refractivity contribution in [3.63, 3.8) is 0 Å². The van der Waals surface area contributed by atoms with Crippen LogP contribution in [0.5, 0.6) is 0 Å². The van der Waals surface area contributed by atoms with E-state index >= 15 is 0 Å². The molecule has 0 saturated carbocycles. The molecule has 2 heterocycles. The molecule has 0 spiro atoms. The molecular formula is C13H13N3O2. The van der Waals surface area contributed by atoms with E-state index in [2.05, 4.69) is 10.4 Å². The molecule has 1 aliphatic heterocycles. The fourth-order valence-corrected chi connectivity index (χ4v) is 1.75. The molecule has 1 aromatic carbocycles. The molecular weight excluding hydrogens is 230 g/mol. The van der Waals surface area contributed by atoms with Gasteiger partial charge in [0.05, 0.1) is 36.7 Å². The number of hydrogen-bond donors (Lipinski definition) is 1. The van der Waals surface area contributed by atoms with Gasteiger partial charge in [0.25, 0.3) is 5.91 Å². The number of aromatic nitrogens is 2. The highest BCUT2D eigenvalue weighted by Crippen LogP contribution is 2.08. The van der Waals surface area contributed by atoms with Gasteiger partial charge in [-0.1, -0.05) is 18.2 Å². The van der Waals surface area contributed by atoms with Gasteiger partial charge in [0.15, 0.2) is 0 Å². The molecule has 1 amide bonds. The Bertz CT molecular complexity index is 546. The molecule has 0 bridgehead atoms. The highest BCUT2D eigenvalue weighted by molar-refractivity contribution is 5.94. The standard InChI is InChI=1S/C13H13N3O2/c17-13(15-11-8-18-9-11)10-6-14-16(7-10)12-4-2-1-3-5-12/h1-7,11H,8-9H2,(H,15,17). The first-order chi connectivity index (χ1) is 8.83. The van der Waals surface area contributed by atoms with Crippen LogP contribution >= 0.6 is 0 Å². The molecule has 3 rings (SSSR count). The Morgan fingerprint density at radius 2 is 2.11 bits per heavy atom. The summed E-state index contributed by atoms with van der Waals surface area (Å²) in [4.78, 5) is 11.9. The van der Waals surface area contributed by atoms with Crippen LogP contribution in [-0.2, 0) is 4.74 Å². The molecule has 1 saturated heterocycles. The monoisotopic (exact) mass is 243 g/mol. The number of carbonyl (C=O) groups excluding carboxylic acids is 1. The fourth-order valence-electron chi connectivity index (χ4n) is 1.75. The van der Waals surface area contributed by atoms with E-state index in [-0.39, 0.29) is 11.9 Å². The Hall–Kier alpha value is -2.14. The average Bonchev–Trinajstić information content (AvgIpc) is 2.84. The molecule has 1 fully saturated rings. The molecule has 1 N–H and O–H groups in total. The largest absolute Gasteiger partial charge is 0.377 e. The van der Waals surface area contributed by atoms with Crippen molar-refractivity contribution in [1.29, 1.82) is 0 Å². The predicted octanol–water partition coefficient (Wildman–Crippen LogP) is 1.00. The quantitative estimate of drug-likeness (QED) is 0.875. The Balaban J connectivity index is 1.74. The lowest BCUT2D eigenvalue weighted by Crippen LogP contribution is -2.48. The molecule has 5 heteroatoms. The van der Waals surface area contributed by atoms with Crippen LogP contribution in [0.25, 0.3) is 5.69 Å². The van der Waals surface area contributed by atoms with E-state index < -0.39 is 0 Å². The predicted molar refractivity (Wildman–Crippen MR) is 65.6 cm³/mol. The molecule has 2 aromatic rings. The Labute approximate surface area is 104 Å². The number of amides is 1. The van der Waals surface area contributed by atoms with Gasteiger partial charge < -0.3 is 10.1 Å². The van der Waals surface area contributed by atoms with Crippen LogP contribution in [-0.4, -0.2) is 34.9 Å². The molecule has 5 nitrogen and oxygen atoms in total. The lowest BCUT2D eigenvalue weighted by Gasteiger charge is -2.26. The summed E-state index contributed by atoms with van der Waals surface area (Å²) in [7, 11) is 0. The van der Waals surface area contributed by atoms with Gasteiger partial charge >= 0.3 is 0 Å². The van der Waals surface area contributed by atoms with Crippen LogP contribution in [0.3, 0.4) is 0 Å². The van der Waals surface area contributed by atoms with Gasteiger partial charge in [0.1, 0.15) is 0 Å². The van der Waals surface area contributed by atoms with E-state index in [9.17, 15) is 4.79 Å². The average molecular weight is 243 g/mol. The molecule has 1 aliphatic rings. The SMILES string of the molecule is O=C(NC1COC1)c1cnn(-c2ccccc2)c1. The van der Waals surface area contributed by atoms with Crippen LogP contribution in [0.4, 0.5) is 0 Å². The minimum absolute atomic E-state index is 0.106. The first-order valence-corrected chi connectivity index (χ1v) is 5.81. The highest BCUT2D eigenvalue weighted by atomic mass is 16.5. The Morgan fingerprint density at radius 3 is 2.78 bits per heavy atom. The van der Waals surface area contributed by atoms with Gasteiger partial charge in [-0.2, -0.15) is 5.10 Å². The van der Waals surface area contributed by atoms with Gasteiger partial charge in [0, 0.05) is 6.20 Å². The van der Waals surface area contributed by atoms with E-state index in [1.807, 2.05) is 30.3 Å². The molecule has 0 radical (unpaired) electrons. The van der Waals surface area contributed by atoms with Crippen molar-refractivity contribution in [2.24, 2.45) is 0 Å². The van der Waals surface area contributed by atoms with Crippen molar-refractivity contribution in [1.82, 2.24) is 15.1 Å². The smallest absolute Gasteiger partial charge is 0.254 e. The fraction of sp³-hybridized carbons (Fsp3) is 0.231. The van der Waals surface area contributed by atoms with Crippen molar-refractivity contribution in [2.45, 2.75) is 6.04 Å². The number of nitrogens with zero attached hydrogens (tertiary/aromatic N) is 2. The number of rotatable bonds is 3. The van der Waals surface area contributed by atoms with Gasteiger partial charge in [-0.05, 0) is 12.1 Å². The van der Waals surface area contributed by atoms with Gasteiger partial charge in [-0.25, -0.2) is 4.68 Å². The zero-order valence-electron chi connectivity index (χ0n) is 9.74. The van der Waals surface area contributed by atoms with Crippen LogP contribution in [0.2, 0.25) is 0 Å². The molecule has 1 aromatic heterocycles. The zero-order chi connectivity index (χ0) is 12.4. The molecule has 0 unspecified atom stereocenters. The summed E-state index contributed by atoms with van der Waals surface area (Å²) < 4.78 is 6.70. The summed E-state index contributed by atoms with van der Waals surface area (Å²) >= 11 is 0. The van der Waals surface area contributed by atoms with Crippen LogP contribution in [0.15, 0.2) is 42.7 Å². The highest BCUT2D eigenvalue weighted by Gasteiger charge is 2.21. The number of nitrogens with one attached hydrogen (secondary N) is 1. The van der Waals surface area contributed by atoms with Crippen LogP contribution < -0.4 is 5.32 Å². The lowest BCUT2D eigenvalue weighted by molar-refractivity contribution is -0.00346. The van der Waals surface area contributed by atoms with Crippen molar-refractivity contribution in [2.75, 3.05) is 13.2 Å². The number of carbonyl (C=O) groups is 1. The van der Waals surface area contributed by atoms with Crippen molar-refractivity contribution in [3.05, 3.63) is 48.3 Å². The zero-order valence-corrected chi connectivity index (χ0v) is 9.74. The topological polar surface area (TPSA) is 56.1 Å². The second-order valence-corrected chi connectivity index (χ2v) is 4.22. The van der Waals surface area contributed by atoms with Gasteiger partial charge in [-0.15, -0.1) is 0 Å². The number of hydrogen-bond acceptors (Lipinski definition) is 3. The first-order valence-electron chi connectivity index (χ1n) is 5.81. The second-order valence-electron chi connectivity index (χ2n) is 4.22. The number of para-hydroxylation sites is 1. The molecule has 0 atom stereocenters. The number of ether oxygens (including phenoxy) is 1. The van der Waals surface area contributed by atoms with Crippen LogP contribution in [0, 0.1) is 0 Å². The van der Waals surface area contributed by atoms with Crippen LogP contribution in [0.1, 0.15) is 10.4 Å². The summed E-state index contributed by atoms with van der Waals surface area (Å²) in [6.45, 7) is 1.19. The third-order valence-corrected chi connectivity index (χ3v) is 2.84. The molecule has 92 valence electrons. The summed E-state index contributed by atoms with van der Waals surface area (Å²) in [6.07, 6.45) is 3.30. The van der Waals surface area contributed by atoms with Gasteiger partial charge in [0.2, 0.25) is 0 Å². The van der Waals surface area contributed by atoms with E-state index in [0.29, 0.717) is 18.8 Å². The molecule has 0 aliphatic carbocycles. The van der Waals surface area contributed by atoms with Crippen molar-refractivity contribution in [3.8, 4) is 5.69 Å². The third-order valence-electron chi connectivity index (χ3n) is 2.84. The number of benzene rings is 1. The summed E-state index contributed by atoms with van der Waals surface area (Å²) in [6, 6.07) is 9.82. The lowest BCUT2D eigenvalue weighted by atomic mass is 10.2. The molecule has 18 heavy (non-hydrogen) atoms. The normalized spacial score (nSPS) is 15.1. The van der Waals surface area contributed by atoms with Gasteiger partial charge in [-0.3, -0.25) is 4.79 Å². The van der Waals surface area contributed by atoms with E-state index in [0.717, 1.165) is 5.69 Å². The third kappa shape index (κ3) is 2.12. The maximum Gasteiger partial charge on any atom is 0.254 e. The minimum Gasteiger partial charge on any atom is -0.377 e. The summed E-state index contributed by atoms with van der Waals surface area (Å²) in [5, 5.41) is 7.06. The minimum atomic E-state index is -0.106. The van der Waals surface area contributed by atoms with E-state index in [1.165, 1.54) is 0 Å². The van der Waals surface area contributed by atoms with E-state index in [4.69, 9.17) is 4.74 Å². The Morgan fingerprint density at radius 1 is 1.33 bits per heavy atom. The second kappa shape index (κ2) is 4.62.